The van der Waals surface area contributed by atoms with E-state index in [1.807, 2.05) is 7.05 Å². The van der Waals surface area contributed by atoms with Crippen molar-refractivity contribution < 1.29 is 4.74 Å². The molecule has 0 saturated heterocycles. The molecule has 0 radical (unpaired) electrons. The molecule has 0 aliphatic heterocycles. The Morgan fingerprint density at radius 3 is 2.67 bits per heavy atom. The molecule has 0 heterocycles. The van der Waals surface area contributed by atoms with E-state index in [1.54, 1.807) is 7.11 Å². The lowest BCUT2D eigenvalue weighted by molar-refractivity contribution is 0.195. The lowest BCUT2D eigenvalue weighted by Crippen LogP contribution is -2.38. The average Bonchev–Trinajstić information content (AvgIpc) is 2.24. The van der Waals surface area contributed by atoms with Crippen LogP contribution in [-0.4, -0.2) is 43.9 Å². The van der Waals surface area contributed by atoms with E-state index in [4.69, 9.17) is 17.0 Å². The van der Waals surface area contributed by atoms with Gasteiger partial charge in [-0.25, -0.2) is 0 Å². The summed E-state index contributed by atoms with van der Waals surface area (Å²) in [7, 11) is 3.76. The maximum atomic E-state index is 5.25. The molecule has 0 aliphatic carbocycles. The molecule has 0 aliphatic rings. The van der Waals surface area contributed by atoms with Gasteiger partial charge in [-0.1, -0.05) is 19.8 Å². The molecule has 0 amide bonds. The van der Waals surface area contributed by atoms with Gasteiger partial charge in [0.15, 0.2) is 5.11 Å². The zero-order valence-corrected chi connectivity index (χ0v) is 11.0. The third kappa shape index (κ3) is 8.63. The second kappa shape index (κ2) is 10.2. The van der Waals surface area contributed by atoms with Crippen LogP contribution in [0.15, 0.2) is 0 Å². The van der Waals surface area contributed by atoms with Crippen molar-refractivity contribution in [2.45, 2.75) is 32.6 Å². The third-order valence-corrected chi connectivity index (χ3v) is 2.70. The molecule has 0 saturated carbocycles. The van der Waals surface area contributed by atoms with Gasteiger partial charge in [-0.2, -0.15) is 0 Å². The van der Waals surface area contributed by atoms with Gasteiger partial charge >= 0.3 is 0 Å². The first-order valence-corrected chi connectivity index (χ1v) is 6.11. The SMILES string of the molecule is CCCCCN(C)C(=S)NCCCOC. The summed E-state index contributed by atoms with van der Waals surface area (Å²) < 4.78 is 4.97. The maximum absolute atomic E-state index is 5.25. The topological polar surface area (TPSA) is 24.5 Å². The fourth-order valence-electron chi connectivity index (χ4n) is 1.25. The van der Waals surface area contributed by atoms with E-state index in [2.05, 4.69) is 17.1 Å². The molecule has 15 heavy (non-hydrogen) atoms. The minimum Gasteiger partial charge on any atom is -0.385 e. The van der Waals surface area contributed by atoms with Crippen LogP contribution < -0.4 is 5.32 Å². The van der Waals surface area contributed by atoms with Crippen LogP contribution >= 0.6 is 12.2 Å². The quantitative estimate of drug-likeness (QED) is 0.511. The number of methoxy groups -OCH3 is 1. The predicted octanol–water partition coefficient (Wildman–Crippen LogP) is 2.02. The van der Waals surface area contributed by atoms with Gasteiger partial charge in [-0.15, -0.1) is 0 Å². The molecule has 0 rings (SSSR count). The van der Waals surface area contributed by atoms with Crippen LogP contribution in [0.4, 0.5) is 0 Å². The minimum absolute atomic E-state index is 0.787. The van der Waals surface area contributed by atoms with E-state index in [1.165, 1.54) is 19.3 Å². The highest BCUT2D eigenvalue weighted by atomic mass is 32.1. The van der Waals surface area contributed by atoms with E-state index in [-0.39, 0.29) is 0 Å². The van der Waals surface area contributed by atoms with E-state index < -0.39 is 0 Å². The summed E-state index contributed by atoms with van der Waals surface area (Å²) in [4.78, 5) is 2.11. The van der Waals surface area contributed by atoms with Crippen molar-refractivity contribution in [3.8, 4) is 0 Å². The summed E-state index contributed by atoms with van der Waals surface area (Å²) >= 11 is 5.25. The van der Waals surface area contributed by atoms with Crippen molar-refractivity contribution in [2.75, 3.05) is 33.9 Å². The Morgan fingerprint density at radius 1 is 1.33 bits per heavy atom. The molecule has 0 spiro atoms. The number of hydrogen-bond acceptors (Lipinski definition) is 2. The molecular weight excluding hydrogens is 208 g/mol. The number of nitrogens with zero attached hydrogens (tertiary/aromatic N) is 1. The standard InChI is InChI=1S/C11H24N2OS/c1-4-5-6-9-13(2)11(15)12-8-7-10-14-3/h4-10H2,1-3H3,(H,12,15). The molecular formula is C11H24N2OS. The Morgan fingerprint density at radius 2 is 2.07 bits per heavy atom. The van der Waals surface area contributed by atoms with Gasteiger partial charge in [0.25, 0.3) is 0 Å². The average molecular weight is 232 g/mol. The minimum atomic E-state index is 0.787. The fourth-order valence-corrected chi connectivity index (χ4v) is 1.44. The summed E-state index contributed by atoms with van der Waals surface area (Å²) in [5, 5.41) is 4.07. The zero-order valence-electron chi connectivity index (χ0n) is 10.2. The Bertz CT molecular complexity index is 165. The van der Waals surface area contributed by atoms with Crippen LogP contribution in [0.25, 0.3) is 0 Å². The lowest BCUT2D eigenvalue weighted by Gasteiger charge is -2.20. The summed E-state index contributed by atoms with van der Waals surface area (Å²) in [5.41, 5.74) is 0. The van der Waals surface area contributed by atoms with Crippen LogP contribution in [0, 0.1) is 0 Å². The first kappa shape index (κ1) is 14.6. The molecule has 90 valence electrons. The maximum Gasteiger partial charge on any atom is 0.168 e. The highest BCUT2D eigenvalue weighted by molar-refractivity contribution is 7.80. The van der Waals surface area contributed by atoms with Gasteiger partial charge in [0.05, 0.1) is 0 Å². The van der Waals surface area contributed by atoms with Gasteiger partial charge in [-0.05, 0) is 25.1 Å². The lowest BCUT2D eigenvalue weighted by atomic mass is 10.2. The number of rotatable bonds is 8. The highest BCUT2D eigenvalue weighted by Gasteiger charge is 2.01. The van der Waals surface area contributed by atoms with Crippen molar-refractivity contribution in [3.63, 3.8) is 0 Å². The molecule has 0 aromatic carbocycles. The van der Waals surface area contributed by atoms with Gasteiger partial charge in [0.1, 0.15) is 0 Å². The van der Waals surface area contributed by atoms with Crippen molar-refractivity contribution >= 4 is 17.3 Å². The molecule has 3 nitrogen and oxygen atoms in total. The van der Waals surface area contributed by atoms with E-state index in [0.717, 1.165) is 31.2 Å². The molecule has 0 fully saturated rings. The second-order valence-corrected chi connectivity index (χ2v) is 4.09. The van der Waals surface area contributed by atoms with Gasteiger partial charge in [0.2, 0.25) is 0 Å². The smallest absolute Gasteiger partial charge is 0.168 e. The summed E-state index contributed by atoms with van der Waals surface area (Å²) in [6.45, 7) is 4.94. The molecule has 0 aromatic rings. The number of nitrogens with one attached hydrogen (secondary N) is 1. The molecule has 0 aromatic heterocycles. The van der Waals surface area contributed by atoms with Crippen molar-refractivity contribution in [3.05, 3.63) is 0 Å². The number of thiocarbonyl (C=S) groups is 1. The molecule has 0 bridgehead atoms. The van der Waals surface area contributed by atoms with Crippen LogP contribution in [0.3, 0.4) is 0 Å². The fraction of sp³-hybridized carbons (Fsp3) is 0.909. The zero-order chi connectivity index (χ0) is 11.5. The largest absolute Gasteiger partial charge is 0.385 e. The summed E-state index contributed by atoms with van der Waals surface area (Å²) in [6, 6.07) is 0. The third-order valence-electron chi connectivity index (χ3n) is 2.25. The summed E-state index contributed by atoms with van der Waals surface area (Å²) in [5.74, 6) is 0. The first-order valence-electron chi connectivity index (χ1n) is 5.70. The Kier molecular flexibility index (Phi) is 9.94. The summed E-state index contributed by atoms with van der Waals surface area (Å²) in [6.07, 6.45) is 4.74. The first-order chi connectivity index (χ1) is 7.22. The number of ether oxygens (including phenoxy) is 1. The molecule has 1 N–H and O–H groups in total. The molecule has 0 unspecified atom stereocenters. The Labute approximate surface area is 99.2 Å². The van der Waals surface area contributed by atoms with Crippen LogP contribution in [0.5, 0.6) is 0 Å². The van der Waals surface area contributed by atoms with Crippen LogP contribution in [0.1, 0.15) is 32.6 Å². The van der Waals surface area contributed by atoms with Crippen molar-refractivity contribution in [1.82, 2.24) is 10.2 Å². The Hall–Kier alpha value is -0.350. The Balaban J connectivity index is 3.42. The number of unbranched alkanes of at least 4 members (excludes halogenated alkanes) is 2. The molecule has 0 atom stereocenters. The van der Waals surface area contributed by atoms with Crippen molar-refractivity contribution in [1.29, 1.82) is 0 Å². The second-order valence-electron chi connectivity index (χ2n) is 3.71. The van der Waals surface area contributed by atoms with E-state index >= 15 is 0 Å². The van der Waals surface area contributed by atoms with E-state index in [9.17, 15) is 0 Å². The van der Waals surface area contributed by atoms with Gasteiger partial charge in [-0.3, -0.25) is 0 Å². The monoisotopic (exact) mass is 232 g/mol. The number of hydrogen-bond donors (Lipinski definition) is 1. The van der Waals surface area contributed by atoms with Gasteiger partial charge < -0.3 is 15.0 Å². The van der Waals surface area contributed by atoms with Gasteiger partial charge in [0, 0.05) is 33.9 Å². The van der Waals surface area contributed by atoms with Crippen LogP contribution in [-0.2, 0) is 4.74 Å². The predicted molar refractivity (Wildman–Crippen MR) is 69.2 cm³/mol. The normalized spacial score (nSPS) is 10.1. The van der Waals surface area contributed by atoms with Crippen LogP contribution in [0.2, 0.25) is 0 Å². The van der Waals surface area contributed by atoms with Crippen molar-refractivity contribution in [2.24, 2.45) is 0 Å². The van der Waals surface area contributed by atoms with E-state index in [0.29, 0.717) is 0 Å². The highest BCUT2D eigenvalue weighted by Crippen LogP contribution is 1.96. The molecule has 4 heteroatoms.